The molecule has 11 nitrogen and oxygen atoms in total. The number of anilines is 2. The molecule has 38 heavy (non-hydrogen) atoms. The molecule has 0 amide bonds. The van der Waals surface area contributed by atoms with Gasteiger partial charge in [-0.1, -0.05) is 12.1 Å². The van der Waals surface area contributed by atoms with Gasteiger partial charge in [0.05, 0.1) is 32.8 Å². The molecule has 0 radical (unpaired) electrons. The Morgan fingerprint density at radius 1 is 0.684 bits per heavy atom. The lowest BCUT2D eigenvalue weighted by atomic mass is 10.1. The number of benzene rings is 2. The van der Waals surface area contributed by atoms with E-state index < -0.39 is 0 Å². The Labute approximate surface area is 219 Å². The molecule has 0 spiro atoms. The van der Waals surface area contributed by atoms with Gasteiger partial charge in [0.1, 0.15) is 0 Å². The number of fused-ring (bicyclic) bond motifs is 6. The first kappa shape index (κ1) is 25.6. The zero-order valence-electron chi connectivity index (χ0n) is 22.2. The molecule has 0 aliphatic rings. The van der Waals surface area contributed by atoms with Crippen LogP contribution in [0.1, 0.15) is 12.8 Å². The second-order valence-corrected chi connectivity index (χ2v) is 10.0. The number of aromatic amines is 2. The van der Waals surface area contributed by atoms with E-state index >= 15 is 0 Å². The third-order valence-electron chi connectivity index (χ3n) is 6.44. The molecule has 0 aliphatic heterocycles. The number of H-pyrrole nitrogens is 2. The molecule has 2 aromatic carbocycles. The summed E-state index contributed by atoms with van der Waals surface area (Å²) in [6.07, 6.45) is 1.84. The number of rotatable bonds is 10. The fraction of sp³-hybridized carbons (Fsp3) is 0.370. The molecule has 0 saturated heterocycles. The Balaban J connectivity index is 1.55. The van der Waals surface area contributed by atoms with Crippen LogP contribution >= 0.6 is 0 Å². The van der Waals surface area contributed by atoms with Crippen LogP contribution in [0, 0.1) is 0 Å². The maximum Gasteiger partial charge on any atom is 0.262 e. The van der Waals surface area contributed by atoms with E-state index in [4.69, 9.17) is 4.98 Å². The highest BCUT2D eigenvalue weighted by Gasteiger charge is 2.14. The normalized spacial score (nSPS) is 11.9. The predicted octanol–water partition coefficient (Wildman–Crippen LogP) is 2.59. The monoisotopic (exact) mass is 515 g/mol. The second kappa shape index (κ2) is 10.7. The first-order chi connectivity index (χ1) is 18.3. The molecule has 5 rings (SSSR count). The minimum Gasteiger partial charge on any atom is -0.356 e. The second-order valence-electron chi connectivity index (χ2n) is 10.0. The summed E-state index contributed by atoms with van der Waals surface area (Å²) in [5.74, 6) is 0.858. The summed E-state index contributed by atoms with van der Waals surface area (Å²) in [4.78, 5) is 50.3. The van der Waals surface area contributed by atoms with Crippen molar-refractivity contribution in [3.8, 4) is 0 Å². The number of hydrogen-bond acceptors (Lipinski definition) is 9. The summed E-state index contributed by atoms with van der Waals surface area (Å²) in [6.45, 7) is 3.25. The van der Waals surface area contributed by atoms with Gasteiger partial charge in [0.2, 0.25) is 11.9 Å². The van der Waals surface area contributed by atoms with Gasteiger partial charge in [-0.25, -0.2) is 15.0 Å². The predicted molar refractivity (Wildman–Crippen MR) is 154 cm³/mol. The van der Waals surface area contributed by atoms with E-state index in [0.717, 1.165) is 36.7 Å². The standard InChI is InChI=1S/C27H33N9O2/c1-35(2)13-5-11-28-26-30-18-9-7-16-15-17-8-10-19-21(23(17)32-22(16)20(18)24(37)33-26)25(38)34-27(31-19)29-12-6-14-36(3)4/h7-10,15H,5-6,11-14H2,1-4H3,(H2,28,30,33,37)(H2,29,31,34,38). The van der Waals surface area contributed by atoms with Crippen LogP contribution < -0.4 is 21.8 Å². The largest absolute Gasteiger partial charge is 0.356 e. The third kappa shape index (κ3) is 5.29. The van der Waals surface area contributed by atoms with Crippen molar-refractivity contribution in [2.75, 3.05) is 65.0 Å². The van der Waals surface area contributed by atoms with E-state index in [1.807, 2.05) is 58.5 Å². The highest BCUT2D eigenvalue weighted by atomic mass is 16.1. The van der Waals surface area contributed by atoms with Crippen LogP contribution in [0.15, 0.2) is 39.9 Å². The third-order valence-corrected chi connectivity index (χ3v) is 6.44. The first-order valence-electron chi connectivity index (χ1n) is 12.8. The van der Waals surface area contributed by atoms with Crippen molar-refractivity contribution < 1.29 is 0 Å². The zero-order chi connectivity index (χ0) is 26.8. The van der Waals surface area contributed by atoms with Crippen molar-refractivity contribution in [2.24, 2.45) is 0 Å². The topological polar surface area (TPSA) is 135 Å². The molecule has 5 aromatic rings. The minimum atomic E-state index is -0.279. The maximum atomic E-state index is 13.2. The molecule has 0 bridgehead atoms. The van der Waals surface area contributed by atoms with Crippen molar-refractivity contribution in [2.45, 2.75) is 12.8 Å². The van der Waals surface area contributed by atoms with Crippen LogP contribution in [0.4, 0.5) is 11.9 Å². The maximum absolute atomic E-state index is 13.2. The van der Waals surface area contributed by atoms with E-state index in [2.05, 4.69) is 40.4 Å². The van der Waals surface area contributed by atoms with E-state index in [9.17, 15) is 9.59 Å². The number of pyridine rings is 1. The lowest BCUT2D eigenvalue weighted by Crippen LogP contribution is -2.19. The quantitative estimate of drug-likeness (QED) is 0.126. The van der Waals surface area contributed by atoms with E-state index in [-0.39, 0.29) is 11.1 Å². The van der Waals surface area contributed by atoms with Crippen LogP contribution in [0.3, 0.4) is 0 Å². The molecule has 11 heteroatoms. The van der Waals surface area contributed by atoms with E-state index in [1.54, 1.807) is 0 Å². The van der Waals surface area contributed by atoms with Gasteiger partial charge < -0.3 is 20.4 Å². The van der Waals surface area contributed by atoms with Crippen molar-refractivity contribution in [3.05, 3.63) is 51.0 Å². The first-order valence-corrected chi connectivity index (χ1v) is 12.8. The Bertz CT molecular complexity index is 1620. The molecule has 0 atom stereocenters. The highest BCUT2D eigenvalue weighted by Crippen LogP contribution is 2.27. The summed E-state index contributed by atoms with van der Waals surface area (Å²) >= 11 is 0. The Morgan fingerprint density at radius 3 is 1.55 bits per heavy atom. The summed E-state index contributed by atoms with van der Waals surface area (Å²) in [6, 6.07) is 9.40. The Morgan fingerprint density at radius 2 is 1.13 bits per heavy atom. The fourth-order valence-corrected chi connectivity index (χ4v) is 4.59. The molecule has 0 unspecified atom stereocenters. The smallest absolute Gasteiger partial charge is 0.262 e. The lowest BCUT2D eigenvalue weighted by molar-refractivity contribution is 0.405. The summed E-state index contributed by atoms with van der Waals surface area (Å²) in [5, 5.41) is 8.77. The molecular weight excluding hydrogens is 482 g/mol. The molecule has 0 aliphatic carbocycles. The summed E-state index contributed by atoms with van der Waals surface area (Å²) in [5.41, 5.74) is 1.53. The van der Waals surface area contributed by atoms with Gasteiger partial charge in [-0.2, -0.15) is 0 Å². The minimum absolute atomic E-state index is 0.279. The van der Waals surface area contributed by atoms with Gasteiger partial charge in [-0.05, 0) is 72.3 Å². The average Bonchev–Trinajstić information content (AvgIpc) is 2.87. The molecule has 198 valence electrons. The molecule has 3 heterocycles. The lowest BCUT2D eigenvalue weighted by Gasteiger charge is -2.11. The number of nitrogens with one attached hydrogen (secondary N) is 4. The number of hydrogen-bond donors (Lipinski definition) is 4. The molecule has 0 saturated carbocycles. The van der Waals surface area contributed by atoms with Crippen molar-refractivity contribution in [3.63, 3.8) is 0 Å². The van der Waals surface area contributed by atoms with Gasteiger partial charge >= 0.3 is 0 Å². The summed E-state index contributed by atoms with van der Waals surface area (Å²) < 4.78 is 0. The zero-order valence-corrected chi connectivity index (χ0v) is 22.2. The van der Waals surface area contributed by atoms with Gasteiger partial charge in [0, 0.05) is 23.9 Å². The van der Waals surface area contributed by atoms with Gasteiger partial charge in [-0.15, -0.1) is 0 Å². The molecule has 3 aromatic heterocycles. The van der Waals surface area contributed by atoms with Crippen LogP contribution in [-0.4, -0.2) is 89.1 Å². The average molecular weight is 516 g/mol. The van der Waals surface area contributed by atoms with Gasteiger partial charge in [0.15, 0.2) is 0 Å². The molecule has 4 N–H and O–H groups in total. The van der Waals surface area contributed by atoms with Crippen molar-refractivity contribution in [1.82, 2.24) is 34.7 Å². The molecular formula is C27H33N9O2. The number of nitrogens with zero attached hydrogens (tertiary/aromatic N) is 5. The van der Waals surface area contributed by atoms with Gasteiger partial charge in [-0.3, -0.25) is 19.6 Å². The molecule has 0 fully saturated rings. The van der Waals surface area contributed by atoms with Crippen molar-refractivity contribution >= 4 is 55.5 Å². The van der Waals surface area contributed by atoms with Crippen LogP contribution in [-0.2, 0) is 0 Å². The fourth-order valence-electron chi connectivity index (χ4n) is 4.59. The van der Waals surface area contributed by atoms with Crippen LogP contribution in [0.2, 0.25) is 0 Å². The Kier molecular flexibility index (Phi) is 7.21. The Hall–Kier alpha value is -4.09. The van der Waals surface area contributed by atoms with Crippen LogP contribution in [0.5, 0.6) is 0 Å². The van der Waals surface area contributed by atoms with E-state index in [0.29, 0.717) is 57.8 Å². The summed E-state index contributed by atoms with van der Waals surface area (Å²) in [7, 11) is 8.09. The van der Waals surface area contributed by atoms with Crippen molar-refractivity contribution in [1.29, 1.82) is 0 Å². The van der Waals surface area contributed by atoms with Gasteiger partial charge in [0.25, 0.3) is 11.1 Å². The van der Waals surface area contributed by atoms with E-state index in [1.165, 1.54) is 0 Å². The highest BCUT2D eigenvalue weighted by molar-refractivity contribution is 6.12. The number of aromatic nitrogens is 5. The van der Waals surface area contributed by atoms with Crippen LogP contribution in [0.25, 0.3) is 43.6 Å². The SMILES string of the molecule is CN(C)CCCNc1nc2ccc3cc4ccc5nc(NCCCN(C)C)[nH]c(=O)c5c4nc3c2c(=O)[nH]1.